The number of amides is 1. The molecule has 0 bridgehead atoms. The zero-order valence-electron chi connectivity index (χ0n) is 18.9. The minimum atomic E-state index is -0.845. The van der Waals surface area contributed by atoms with Gasteiger partial charge in [-0.2, -0.15) is 0 Å². The smallest absolute Gasteiger partial charge is 0.237 e. The Morgan fingerprint density at radius 3 is 2.66 bits per heavy atom. The first-order chi connectivity index (χ1) is 15.3. The number of likely N-dealkylation sites (N-methyl/N-ethyl adjacent to an activating group) is 1. The maximum Gasteiger partial charge on any atom is 0.237 e. The Morgan fingerprint density at radius 1 is 1.25 bits per heavy atom. The van der Waals surface area contributed by atoms with E-state index in [1.54, 1.807) is 52.7 Å². The molecule has 2 N–H and O–H groups in total. The van der Waals surface area contributed by atoms with Gasteiger partial charge in [0.15, 0.2) is 0 Å². The van der Waals surface area contributed by atoms with Crippen LogP contribution >= 0.6 is 0 Å². The van der Waals surface area contributed by atoms with E-state index in [1.807, 2.05) is 30.3 Å². The summed E-state index contributed by atoms with van der Waals surface area (Å²) in [5, 5.41) is 13.3. The molecule has 3 rings (SSSR count). The molecule has 3 aromatic rings. The Kier molecular flexibility index (Phi) is 7.61. The SMILES string of the molecule is CN(C)C(=O)C(C)(C)c1nc(-c2ccc(OCCNCC(O)c3cccnc3)cc2)co1. The standard InChI is InChI=1S/C24H30N4O4/c1-24(2,23(30)28(3)4)22-27-20(16-32-22)17-7-9-19(10-8-17)31-13-12-26-15-21(29)18-6-5-11-25-14-18/h5-11,14,16,21,26,29H,12-13,15H2,1-4H3. The normalized spacial score (nSPS) is 12.4. The number of hydrogen-bond acceptors (Lipinski definition) is 7. The quantitative estimate of drug-likeness (QED) is 0.470. The van der Waals surface area contributed by atoms with Crippen LogP contribution in [0, 0.1) is 0 Å². The number of benzene rings is 1. The highest BCUT2D eigenvalue weighted by Crippen LogP contribution is 2.28. The Balaban J connectivity index is 1.48. The van der Waals surface area contributed by atoms with Crippen molar-refractivity contribution in [2.75, 3.05) is 33.8 Å². The maximum atomic E-state index is 12.4. The molecule has 170 valence electrons. The summed E-state index contributed by atoms with van der Waals surface area (Å²) in [6, 6.07) is 11.2. The summed E-state index contributed by atoms with van der Waals surface area (Å²) >= 11 is 0. The lowest BCUT2D eigenvalue weighted by molar-refractivity contribution is -0.134. The molecule has 0 saturated carbocycles. The number of carbonyl (C=O) groups is 1. The molecule has 1 aromatic carbocycles. The van der Waals surface area contributed by atoms with E-state index in [4.69, 9.17) is 9.15 Å². The van der Waals surface area contributed by atoms with Gasteiger partial charge in [-0.25, -0.2) is 4.98 Å². The van der Waals surface area contributed by atoms with Crippen molar-refractivity contribution in [1.82, 2.24) is 20.2 Å². The van der Waals surface area contributed by atoms with E-state index in [0.717, 1.165) is 16.9 Å². The van der Waals surface area contributed by atoms with Crippen LogP contribution in [0.15, 0.2) is 59.5 Å². The van der Waals surface area contributed by atoms with Crippen molar-refractivity contribution < 1.29 is 19.1 Å². The summed E-state index contributed by atoms with van der Waals surface area (Å²) in [6.45, 7) is 5.08. The van der Waals surface area contributed by atoms with Crippen molar-refractivity contribution in [1.29, 1.82) is 0 Å². The van der Waals surface area contributed by atoms with Gasteiger partial charge >= 0.3 is 0 Å². The summed E-state index contributed by atoms with van der Waals surface area (Å²) in [5.41, 5.74) is 1.47. The van der Waals surface area contributed by atoms with Gasteiger partial charge in [0.05, 0.1) is 6.10 Å². The third kappa shape index (κ3) is 5.72. The lowest BCUT2D eigenvalue weighted by Crippen LogP contribution is -2.39. The number of nitrogens with zero attached hydrogens (tertiary/aromatic N) is 3. The number of aliphatic hydroxyl groups is 1. The topological polar surface area (TPSA) is 101 Å². The summed E-state index contributed by atoms with van der Waals surface area (Å²) in [7, 11) is 3.43. The Bertz CT molecular complexity index is 1000. The molecule has 0 aliphatic heterocycles. The van der Waals surface area contributed by atoms with Crippen LogP contribution in [0.25, 0.3) is 11.3 Å². The lowest BCUT2D eigenvalue weighted by Gasteiger charge is -2.23. The van der Waals surface area contributed by atoms with E-state index in [-0.39, 0.29) is 5.91 Å². The van der Waals surface area contributed by atoms with Crippen molar-refractivity contribution >= 4 is 5.91 Å². The molecule has 2 heterocycles. The average Bonchev–Trinajstić information content (AvgIpc) is 3.30. The zero-order chi connectivity index (χ0) is 23.1. The second-order valence-corrected chi connectivity index (χ2v) is 8.24. The monoisotopic (exact) mass is 438 g/mol. The lowest BCUT2D eigenvalue weighted by atomic mass is 9.91. The first-order valence-corrected chi connectivity index (χ1v) is 10.5. The second-order valence-electron chi connectivity index (χ2n) is 8.24. The molecule has 0 fully saturated rings. The molecule has 0 aliphatic carbocycles. The van der Waals surface area contributed by atoms with Gasteiger partial charge in [0.2, 0.25) is 11.8 Å². The van der Waals surface area contributed by atoms with Crippen molar-refractivity contribution in [3.8, 4) is 17.0 Å². The fourth-order valence-corrected chi connectivity index (χ4v) is 3.24. The molecular weight excluding hydrogens is 408 g/mol. The van der Waals surface area contributed by atoms with Gasteiger partial charge in [-0.15, -0.1) is 0 Å². The van der Waals surface area contributed by atoms with Gasteiger partial charge in [0.25, 0.3) is 0 Å². The van der Waals surface area contributed by atoms with E-state index < -0.39 is 11.5 Å². The van der Waals surface area contributed by atoms with Crippen molar-refractivity contribution in [3.63, 3.8) is 0 Å². The summed E-state index contributed by atoms with van der Waals surface area (Å²) in [4.78, 5) is 22.5. The predicted octanol–water partition coefficient (Wildman–Crippen LogP) is 2.80. The van der Waals surface area contributed by atoms with Crippen LogP contribution in [0.4, 0.5) is 0 Å². The van der Waals surface area contributed by atoms with Crippen molar-refractivity contribution in [2.24, 2.45) is 0 Å². The molecule has 1 atom stereocenters. The number of aromatic nitrogens is 2. The minimum absolute atomic E-state index is 0.0730. The van der Waals surface area contributed by atoms with Gasteiger partial charge < -0.3 is 24.5 Å². The first-order valence-electron chi connectivity index (χ1n) is 10.5. The number of hydrogen-bond donors (Lipinski definition) is 2. The van der Waals surface area contributed by atoms with Crippen molar-refractivity contribution in [3.05, 3.63) is 66.5 Å². The van der Waals surface area contributed by atoms with Crippen molar-refractivity contribution in [2.45, 2.75) is 25.4 Å². The fourth-order valence-electron chi connectivity index (χ4n) is 3.24. The van der Waals surface area contributed by atoms with E-state index in [9.17, 15) is 9.90 Å². The first kappa shape index (κ1) is 23.4. The third-order valence-corrected chi connectivity index (χ3v) is 5.08. The van der Waals surface area contributed by atoms with Gasteiger partial charge in [-0.3, -0.25) is 9.78 Å². The summed E-state index contributed by atoms with van der Waals surface area (Å²) in [6.07, 6.45) is 4.29. The number of aliphatic hydroxyl groups excluding tert-OH is 1. The van der Waals surface area contributed by atoms with E-state index >= 15 is 0 Å². The number of rotatable bonds is 10. The summed E-state index contributed by atoms with van der Waals surface area (Å²) < 4.78 is 11.4. The molecule has 1 amide bonds. The molecule has 8 nitrogen and oxygen atoms in total. The highest BCUT2D eigenvalue weighted by Gasteiger charge is 2.36. The van der Waals surface area contributed by atoms with Crippen LogP contribution in [0.5, 0.6) is 5.75 Å². The van der Waals surface area contributed by atoms with Crippen LogP contribution in [0.2, 0.25) is 0 Å². The molecular formula is C24H30N4O4. The van der Waals surface area contributed by atoms with Crippen LogP contribution < -0.4 is 10.1 Å². The van der Waals surface area contributed by atoms with E-state index in [2.05, 4.69) is 15.3 Å². The Labute approximate surface area is 188 Å². The molecule has 1 unspecified atom stereocenters. The second kappa shape index (κ2) is 10.4. The average molecular weight is 439 g/mol. The highest BCUT2D eigenvalue weighted by molar-refractivity contribution is 5.86. The molecule has 32 heavy (non-hydrogen) atoms. The largest absolute Gasteiger partial charge is 0.492 e. The van der Waals surface area contributed by atoms with E-state index in [1.165, 1.54) is 4.90 Å². The minimum Gasteiger partial charge on any atom is -0.492 e. The zero-order valence-corrected chi connectivity index (χ0v) is 18.9. The molecule has 2 aromatic heterocycles. The van der Waals surface area contributed by atoms with Gasteiger partial charge in [-0.05, 0) is 44.2 Å². The highest BCUT2D eigenvalue weighted by atomic mass is 16.5. The Hall–Kier alpha value is -3.23. The van der Waals surface area contributed by atoms with Crippen LogP contribution in [-0.2, 0) is 10.2 Å². The molecule has 0 saturated heterocycles. The van der Waals surface area contributed by atoms with E-state index in [0.29, 0.717) is 31.3 Å². The summed E-state index contributed by atoms with van der Waals surface area (Å²) in [5.74, 6) is 1.04. The maximum absolute atomic E-state index is 12.4. The van der Waals surface area contributed by atoms with Crippen LogP contribution in [-0.4, -0.2) is 59.7 Å². The number of ether oxygens (including phenoxy) is 1. The van der Waals surface area contributed by atoms with Crippen LogP contribution in [0.1, 0.15) is 31.4 Å². The Morgan fingerprint density at radius 2 is 2.00 bits per heavy atom. The van der Waals surface area contributed by atoms with Gasteiger partial charge in [0, 0.05) is 50.7 Å². The van der Waals surface area contributed by atoms with Crippen LogP contribution in [0.3, 0.4) is 0 Å². The van der Waals surface area contributed by atoms with Gasteiger partial charge in [-0.1, -0.05) is 6.07 Å². The molecule has 0 spiro atoms. The predicted molar refractivity (Wildman–Crippen MR) is 121 cm³/mol. The molecule has 0 radical (unpaired) electrons. The number of oxazole rings is 1. The number of pyridine rings is 1. The molecule has 8 heteroatoms. The number of carbonyl (C=O) groups excluding carboxylic acids is 1. The van der Waals surface area contributed by atoms with Gasteiger partial charge in [0.1, 0.15) is 29.7 Å². The fraction of sp³-hybridized carbons (Fsp3) is 0.375. The number of nitrogens with one attached hydrogen (secondary N) is 1. The molecule has 0 aliphatic rings. The third-order valence-electron chi connectivity index (χ3n) is 5.08.